The van der Waals surface area contributed by atoms with E-state index in [0.29, 0.717) is 6.04 Å². The number of nitrogens with zero attached hydrogens (tertiary/aromatic N) is 2. The van der Waals surface area contributed by atoms with Crippen LogP contribution in [-0.2, 0) is 19.9 Å². The first-order valence-corrected chi connectivity index (χ1v) is 8.13. The van der Waals surface area contributed by atoms with Crippen LogP contribution in [0.5, 0.6) is 0 Å². The van der Waals surface area contributed by atoms with Crippen LogP contribution in [0, 0.1) is 20.8 Å². The third-order valence-corrected chi connectivity index (χ3v) is 5.19. The Hall–Kier alpha value is -1.13. The van der Waals surface area contributed by atoms with E-state index in [9.17, 15) is 0 Å². The zero-order valence-electron chi connectivity index (χ0n) is 13.5. The highest BCUT2D eigenvalue weighted by molar-refractivity contribution is 9.10. The highest BCUT2D eigenvalue weighted by Gasteiger charge is 2.16. The summed E-state index contributed by atoms with van der Waals surface area (Å²) in [7, 11) is 4.04. The van der Waals surface area contributed by atoms with Gasteiger partial charge in [0.2, 0.25) is 0 Å². The van der Waals surface area contributed by atoms with Crippen molar-refractivity contribution in [2.24, 2.45) is 7.05 Å². The van der Waals surface area contributed by atoms with Gasteiger partial charge >= 0.3 is 0 Å². The Bertz CT molecular complexity index is 631. The highest BCUT2D eigenvalue weighted by atomic mass is 79.9. The predicted octanol–water partition coefficient (Wildman–Crippen LogP) is 3.48. The molecule has 0 amide bonds. The van der Waals surface area contributed by atoms with Crippen LogP contribution >= 0.6 is 15.9 Å². The van der Waals surface area contributed by atoms with Gasteiger partial charge in [-0.25, -0.2) is 0 Å². The maximum Gasteiger partial charge on any atom is 0.0738 e. The number of rotatable bonds is 5. The summed E-state index contributed by atoms with van der Waals surface area (Å²) in [6, 6.07) is 7.14. The first kappa shape index (κ1) is 16.2. The molecule has 1 aromatic carbocycles. The van der Waals surface area contributed by atoms with E-state index in [0.717, 1.165) is 23.0 Å². The van der Waals surface area contributed by atoms with Crippen molar-refractivity contribution in [2.45, 2.75) is 39.7 Å². The average molecular weight is 350 g/mol. The first-order chi connectivity index (χ1) is 9.92. The minimum Gasteiger partial charge on any atom is -0.316 e. The SMILES string of the molecule is CNC(Cc1ccc(C)c(C)c1)Cc1c(Br)c(C)nn1C. The smallest absolute Gasteiger partial charge is 0.0738 e. The molecular weight excluding hydrogens is 326 g/mol. The molecule has 3 nitrogen and oxygen atoms in total. The van der Waals surface area contributed by atoms with E-state index in [-0.39, 0.29) is 0 Å². The first-order valence-electron chi connectivity index (χ1n) is 7.33. The number of halogens is 1. The van der Waals surface area contributed by atoms with Gasteiger partial charge in [-0.2, -0.15) is 5.10 Å². The Morgan fingerprint density at radius 1 is 1.19 bits per heavy atom. The molecule has 0 bridgehead atoms. The van der Waals surface area contributed by atoms with Crippen molar-refractivity contribution < 1.29 is 0 Å². The molecule has 0 aliphatic heterocycles. The number of hydrogen-bond acceptors (Lipinski definition) is 2. The Kier molecular flexibility index (Phi) is 5.22. The minimum absolute atomic E-state index is 0.401. The molecule has 0 fully saturated rings. The second-order valence-electron chi connectivity index (χ2n) is 5.78. The molecule has 1 unspecified atom stereocenters. The number of hydrogen-bond donors (Lipinski definition) is 1. The summed E-state index contributed by atoms with van der Waals surface area (Å²) in [6.07, 6.45) is 1.98. The molecule has 0 radical (unpaired) electrons. The Labute approximate surface area is 135 Å². The molecule has 4 heteroatoms. The largest absolute Gasteiger partial charge is 0.316 e. The minimum atomic E-state index is 0.401. The molecule has 1 heterocycles. The topological polar surface area (TPSA) is 29.9 Å². The van der Waals surface area contributed by atoms with Crippen molar-refractivity contribution in [2.75, 3.05) is 7.05 Å². The van der Waals surface area contributed by atoms with Crippen molar-refractivity contribution in [3.63, 3.8) is 0 Å². The lowest BCUT2D eigenvalue weighted by atomic mass is 9.98. The molecule has 114 valence electrons. The van der Waals surface area contributed by atoms with Crippen LogP contribution in [0.15, 0.2) is 22.7 Å². The van der Waals surface area contributed by atoms with Gasteiger partial charge in [-0.1, -0.05) is 18.2 Å². The van der Waals surface area contributed by atoms with E-state index >= 15 is 0 Å². The van der Waals surface area contributed by atoms with E-state index in [1.54, 1.807) is 0 Å². The van der Waals surface area contributed by atoms with Gasteiger partial charge in [0, 0.05) is 19.5 Å². The number of aromatic nitrogens is 2. The quantitative estimate of drug-likeness (QED) is 0.895. The second-order valence-corrected chi connectivity index (χ2v) is 6.58. The fraction of sp³-hybridized carbons (Fsp3) is 0.471. The summed E-state index contributed by atoms with van der Waals surface area (Å²) < 4.78 is 3.11. The predicted molar refractivity (Wildman–Crippen MR) is 91.8 cm³/mol. The zero-order valence-corrected chi connectivity index (χ0v) is 15.1. The van der Waals surface area contributed by atoms with Gasteiger partial charge in [0.25, 0.3) is 0 Å². The number of nitrogens with one attached hydrogen (secondary N) is 1. The highest BCUT2D eigenvalue weighted by Crippen LogP contribution is 2.22. The van der Waals surface area contributed by atoms with Gasteiger partial charge in [0.1, 0.15) is 0 Å². The maximum atomic E-state index is 4.47. The molecule has 0 spiro atoms. The lowest BCUT2D eigenvalue weighted by Gasteiger charge is -2.17. The van der Waals surface area contributed by atoms with Crippen LogP contribution in [-0.4, -0.2) is 22.9 Å². The van der Waals surface area contributed by atoms with Crippen LogP contribution in [0.25, 0.3) is 0 Å². The maximum absolute atomic E-state index is 4.47. The van der Waals surface area contributed by atoms with E-state index in [2.05, 4.69) is 58.4 Å². The summed E-state index contributed by atoms with van der Waals surface area (Å²) >= 11 is 3.65. The van der Waals surface area contributed by atoms with Gasteiger partial charge in [-0.15, -0.1) is 0 Å². The number of aryl methyl sites for hydroxylation is 4. The zero-order chi connectivity index (χ0) is 15.6. The normalized spacial score (nSPS) is 12.7. The van der Waals surface area contributed by atoms with E-state index in [1.807, 2.05) is 25.7 Å². The van der Waals surface area contributed by atoms with Gasteiger partial charge in [-0.3, -0.25) is 4.68 Å². The molecule has 2 aromatic rings. The molecule has 1 aromatic heterocycles. The third kappa shape index (κ3) is 3.74. The molecule has 0 saturated carbocycles. The van der Waals surface area contributed by atoms with E-state index < -0.39 is 0 Å². The monoisotopic (exact) mass is 349 g/mol. The fourth-order valence-corrected chi connectivity index (χ4v) is 3.12. The fourth-order valence-electron chi connectivity index (χ4n) is 2.63. The van der Waals surface area contributed by atoms with Gasteiger partial charge < -0.3 is 5.32 Å². The Morgan fingerprint density at radius 3 is 2.43 bits per heavy atom. The standard InChI is InChI=1S/C17H24BrN3/c1-11-6-7-14(8-12(11)2)9-15(19-4)10-16-17(18)13(3)20-21(16)5/h6-8,15,19H,9-10H2,1-5H3. The Balaban J connectivity index is 2.14. The van der Waals surface area contributed by atoms with Crippen molar-refractivity contribution in [3.8, 4) is 0 Å². The van der Waals surface area contributed by atoms with Gasteiger partial charge in [0.05, 0.1) is 15.9 Å². The molecular formula is C17H24BrN3. The van der Waals surface area contributed by atoms with Crippen molar-refractivity contribution in [1.29, 1.82) is 0 Å². The van der Waals surface area contributed by atoms with Crippen LogP contribution in [0.3, 0.4) is 0 Å². The molecule has 2 rings (SSSR count). The molecule has 0 aliphatic rings. The van der Waals surface area contributed by atoms with E-state index in [4.69, 9.17) is 0 Å². The summed E-state index contributed by atoms with van der Waals surface area (Å²) in [6.45, 7) is 6.36. The van der Waals surface area contributed by atoms with Crippen LogP contribution in [0.2, 0.25) is 0 Å². The van der Waals surface area contributed by atoms with Crippen LogP contribution < -0.4 is 5.32 Å². The van der Waals surface area contributed by atoms with Crippen molar-refractivity contribution in [1.82, 2.24) is 15.1 Å². The molecule has 21 heavy (non-hydrogen) atoms. The summed E-state index contributed by atoms with van der Waals surface area (Å²) in [5.74, 6) is 0. The molecule has 0 aliphatic carbocycles. The third-order valence-electron chi connectivity index (χ3n) is 4.16. The van der Waals surface area contributed by atoms with Crippen molar-refractivity contribution >= 4 is 15.9 Å². The van der Waals surface area contributed by atoms with Gasteiger partial charge in [0.15, 0.2) is 0 Å². The summed E-state index contributed by atoms with van der Waals surface area (Å²) in [5, 5.41) is 7.91. The van der Waals surface area contributed by atoms with Crippen LogP contribution in [0.1, 0.15) is 28.1 Å². The Morgan fingerprint density at radius 2 is 1.90 bits per heavy atom. The number of benzene rings is 1. The second kappa shape index (κ2) is 6.75. The van der Waals surface area contributed by atoms with Crippen LogP contribution in [0.4, 0.5) is 0 Å². The number of likely N-dealkylation sites (N-methyl/N-ethyl adjacent to an activating group) is 1. The van der Waals surface area contributed by atoms with E-state index in [1.165, 1.54) is 22.4 Å². The lowest BCUT2D eigenvalue weighted by molar-refractivity contribution is 0.532. The summed E-state index contributed by atoms with van der Waals surface area (Å²) in [5.41, 5.74) is 6.39. The lowest BCUT2D eigenvalue weighted by Crippen LogP contribution is -2.30. The molecule has 1 N–H and O–H groups in total. The summed E-state index contributed by atoms with van der Waals surface area (Å²) in [4.78, 5) is 0. The van der Waals surface area contributed by atoms with Crippen molar-refractivity contribution in [3.05, 3.63) is 50.8 Å². The van der Waals surface area contributed by atoms with Gasteiger partial charge in [-0.05, 0) is 66.9 Å². The molecule has 0 saturated heterocycles. The molecule has 1 atom stereocenters. The average Bonchev–Trinajstić information content (AvgIpc) is 2.68.